The summed E-state index contributed by atoms with van der Waals surface area (Å²) in [6, 6.07) is 1.99. The molecule has 18 heavy (non-hydrogen) atoms. The molecule has 2 aromatic heterocycles. The molecule has 0 bridgehead atoms. The maximum absolute atomic E-state index is 11.2. The van der Waals surface area contributed by atoms with Crippen LogP contribution in [-0.4, -0.2) is 31.4 Å². The van der Waals surface area contributed by atoms with Gasteiger partial charge in [0.05, 0.1) is 23.5 Å². The van der Waals surface area contributed by atoms with E-state index in [1.54, 1.807) is 4.68 Å². The standard InChI is InChI=1S/C12H11N5O/c1-7-3-10-6-15-12(17(10)16-7)11-13-4-9(5-14-11)8(2)18/h3-5H,6H2,1-2H3. The van der Waals surface area contributed by atoms with Gasteiger partial charge in [0.1, 0.15) is 0 Å². The van der Waals surface area contributed by atoms with Crippen LogP contribution in [0.2, 0.25) is 0 Å². The van der Waals surface area contributed by atoms with Crippen molar-refractivity contribution in [3.8, 4) is 0 Å². The summed E-state index contributed by atoms with van der Waals surface area (Å²) in [6.45, 7) is 4.01. The molecule has 0 N–H and O–H groups in total. The first-order valence-corrected chi connectivity index (χ1v) is 5.59. The molecule has 0 fully saturated rings. The van der Waals surface area contributed by atoms with Crippen LogP contribution in [0.3, 0.4) is 0 Å². The lowest BCUT2D eigenvalue weighted by molar-refractivity contribution is 0.101. The zero-order valence-electron chi connectivity index (χ0n) is 10.1. The summed E-state index contributed by atoms with van der Waals surface area (Å²) in [5.41, 5.74) is 2.47. The first kappa shape index (κ1) is 10.8. The molecular weight excluding hydrogens is 230 g/mol. The average Bonchev–Trinajstić information content (AvgIpc) is 2.88. The number of aromatic nitrogens is 4. The minimum Gasteiger partial charge on any atom is -0.294 e. The molecule has 1 aliphatic rings. The quantitative estimate of drug-likeness (QED) is 0.735. The topological polar surface area (TPSA) is 73.0 Å². The van der Waals surface area contributed by atoms with E-state index in [0.29, 0.717) is 23.8 Å². The van der Waals surface area contributed by atoms with E-state index in [9.17, 15) is 4.79 Å². The lowest BCUT2D eigenvalue weighted by atomic mass is 10.2. The minimum absolute atomic E-state index is 0.0504. The van der Waals surface area contributed by atoms with Crippen LogP contribution < -0.4 is 0 Å². The molecule has 90 valence electrons. The molecule has 0 amide bonds. The molecule has 1 aliphatic heterocycles. The smallest absolute Gasteiger partial charge is 0.197 e. The molecule has 2 aromatic rings. The molecule has 0 saturated heterocycles. The summed E-state index contributed by atoms with van der Waals surface area (Å²) in [4.78, 5) is 23.8. The molecule has 3 heterocycles. The first-order chi connectivity index (χ1) is 8.65. The molecule has 6 nitrogen and oxygen atoms in total. The van der Waals surface area contributed by atoms with Crippen LogP contribution in [-0.2, 0) is 6.54 Å². The van der Waals surface area contributed by atoms with Crippen molar-refractivity contribution < 1.29 is 4.79 Å². The van der Waals surface area contributed by atoms with Gasteiger partial charge in [0.15, 0.2) is 17.4 Å². The zero-order valence-corrected chi connectivity index (χ0v) is 10.1. The van der Waals surface area contributed by atoms with Gasteiger partial charge in [-0.05, 0) is 19.9 Å². The molecule has 0 unspecified atom stereocenters. The highest BCUT2D eigenvalue weighted by atomic mass is 16.1. The van der Waals surface area contributed by atoms with Crippen molar-refractivity contribution in [2.75, 3.05) is 0 Å². The second-order valence-electron chi connectivity index (χ2n) is 4.18. The third-order valence-electron chi connectivity index (χ3n) is 2.76. The molecule has 0 spiro atoms. The third-order valence-corrected chi connectivity index (χ3v) is 2.76. The number of fused-ring (bicyclic) bond motifs is 1. The van der Waals surface area contributed by atoms with Gasteiger partial charge in [0.25, 0.3) is 0 Å². The predicted octanol–water partition coefficient (Wildman–Crippen LogP) is 0.993. The Morgan fingerprint density at radius 2 is 2.06 bits per heavy atom. The Kier molecular flexibility index (Phi) is 2.29. The van der Waals surface area contributed by atoms with Gasteiger partial charge in [0, 0.05) is 12.4 Å². The Morgan fingerprint density at radius 3 is 2.72 bits per heavy atom. The Morgan fingerprint density at radius 1 is 1.33 bits per heavy atom. The van der Waals surface area contributed by atoms with Crippen molar-refractivity contribution in [1.82, 2.24) is 19.7 Å². The second-order valence-corrected chi connectivity index (χ2v) is 4.18. The van der Waals surface area contributed by atoms with Crippen molar-refractivity contribution in [2.45, 2.75) is 20.4 Å². The van der Waals surface area contributed by atoms with Crippen molar-refractivity contribution in [2.24, 2.45) is 4.99 Å². The zero-order chi connectivity index (χ0) is 12.7. The van der Waals surface area contributed by atoms with Crippen LogP contribution in [0.1, 0.15) is 34.5 Å². The van der Waals surface area contributed by atoms with Crippen LogP contribution >= 0.6 is 0 Å². The molecule has 6 heteroatoms. The molecule has 0 atom stereocenters. The molecule has 0 saturated carbocycles. The summed E-state index contributed by atoms with van der Waals surface area (Å²) in [6.07, 6.45) is 3.03. The number of aliphatic imine (C=N–C) groups is 1. The highest BCUT2D eigenvalue weighted by molar-refractivity contribution is 5.99. The summed E-state index contributed by atoms with van der Waals surface area (Å²) in [7, 11) is 0. The van der Waals surface area contributed by atoms with E-state index in [2.05, 4.69) is 20.1 Å². The normalized spacial score (nSPS) is 13.3. The van der Waals surface area contributed by atoms with Crippen LogP contribution in [0.5, 0.6) is 0 Å². The van der Waals surface area contributed by atoms with E-state index in [1.165, 1.54) is 19.3 Å². The Balaban J connectivity index is 1.99. The number of hydrogen-bond donors (Lipinski definition) is 0. The average molecular weight is 241 g/mol. The number of aryl methyl sites for hydroxylation is 1. The third kappa shape index (κ3) is 1.62. The van der Waals surface area contributed by atoms with E-state index < -0.39 is 0 Å². The van der Waals surface area contributed by atoms with Crippen LogP contribution in [0.25, 0.3) is 0 Å². The van der Waals surface area contributed by atoms with Crippen LogP contribution in [0.15, 0.2) is 23.5 Å². The fourth-order valence-corrected chi connectivity index (χ4v) is 1.86. The van der Waals surface area contributed by atoms with Gasteiger partial charge in [-0.25, -0.2) is 14.6 Å². The molecular formula is C12H11N5O. The van der Waals surface area contributed by atoms with Gasteiger partial charge in [-0.3, -0.25) is 9.79 Å². The fourth-order valence-electron chi connectivity index (χ4n) is 1.86. The van der Waals surface area contributed by atoms with E-state index in [0.717, 1.165) is 11.4 Å². The maximum Gasteiger partial charge on any atom is 0.197 e. The summed E-state index contributed by atoms with van der Waals surface area (Å²) in [5, 5.41) is 4.35. The summed E-state index contributed by atoms with van der Waals surface area (Å²) < 4.78 is 1.75. The maximum atomic E-state index is 11.2. The van der Waals surface area contributed by atoms with Crippen molar-refractivity contribution in [1.29, 1.82) is 0 Å². The SMILES string of the molecule is CC(=O)c1cnc(C2=NCc3cc(C)nn32)nc1. The highest BCUT2D eigenvalue weighted by Gasteiger charge is 2.20. The number of hydrogen-bond acceptors (Lipinski definition) is 5. The van der Waals surface area contributed by atoms with E-state index in [1.807, 2.05) is 13.0 Å². The van der Waals surface area contributed by atoms with Crippen LogP contribution in [0.4, 0.5) is 0 Å². The highest BCUT2D eigenvalue weighted by Crippen LogP contribution is 2.14. The van der Waals surface area contributed by atoms with Gasteiger partial charge in [0.2, 0.25) is 0 Å². The lowest BCUT2D eigenvalue weighted by Gasteiger charge is -2.02. The predicted molar refractivity (Wildman–Crippen MR) is 64.6 cm³/mol. The van der Waals surface area contributed by atoms with Crippen molar-refractivity contribution in [3.63, 3.8) is 0 Å². The minimum atomic E-state index is -0.0504. The first-order valence-electron chi connectivity index (χ1n) is 5.59. The van der Waals surface area contributed by atoms with E-state index >= 15 is 0 Å². The monoisotopic (exact) mass is 241 g/mol. The second kappa shape index (κ2) is 3.83. The summed E-state index contributed by atoms with van der Waals surface area (Å²) in [5.74, 6) is 1.07. The van der Waals surface area contributed by atoms with Gasteiger partial charge in [-0.15, -0.1) is 0 Å². The number of ketones is 1. The number of carbonyl (C=O) groups is 1. The number of carbonyl (C=O) groups excluding carboxylic acids is 1. The van der Waals surface area contributed by atoms with E-state index in [-0.39, 0.29) is 5.78 Å². The number of Topliss-reactive ketones (excluding diaryl/α,β-unsaturated/α-hetero) is 1. The molecule has 0 aliphatic carbocycles. The van der Waals surface area contributed by atoms with Gasteiger partial charge >= 0.3 is 0 Å². The van der Waals surface area contributed by atoms with Crippen molar-refractivity contribution >= 4 is 11.6 Å². The van der Waals surface area contributed by atoms with Crippen LogP contribution in [0, 0.1) is 6.92 Å². The Bertz CT molecular complexity index is 654. The summed E-state index contributed by atoms with van der Waals surface area (Å²) >= 11 is 0. The number of nitrogens with zero attached hydrogens (tertiary/aromatic N) is 5. The fraction of sp³-hybridized carbons (Fsp3) is 0.250. The van der Waals surface area contributed by atoms with E-state index in [4.69, 9.17) is 0 Å². The number of rotatable bonds is 2. The molecule has 0 aromatic carbocycles. The Hall–Kier alpha value is -2.37. The molecule has 3 rings (SSSR count). The van der Waals surface area contributed by atoms with Gasteiger partial charge in [-0.2, -0.15) is 5.10 Å². The van der Waals surface area contributed by atoms with Crippen molar-refractivity contribution in [3.05, 3.63) is 41.2 Å². The largest absolute Gasteiger partial charge is 0.294 e. The van der Waals surface area contributed by atoms with Gasteiger partial charge < -0.3 is 0 Å². The van der Waals surface area contributed by atoms with Gasteiger partial charge in [-0.1, -0.05) is 0 Å². The Labute approximate surface area is 103 Å². The molecule has 0 radical (unpaired) electrons. The lowest BCUT2D eigenvalue weighted by Crippen LogP contribution is -2.16.